The highest BCUT2D eigenvalue weighted by atomic mass is 79.9. The van der Waals surface area contributed by atoms with Gasteiger partial charge in [-0.15, -0.1) is 0 Å². The number of nitrogens with zero attached hydrogens (tertiary/aromatic N) is 3. The Balaban J connectivity index is 2.08. The Hall–Kier alpha value is -0.390. The van der Waals surface area contributed by atoms with E-state index < -0.39 is 0 Å². The smallest absolute Gasteiger partial charge is 0.0739 e. The zero-order chi connectivity index (χ0) is 13.3. The van der Waals surface area contributed by atoms with Crippen LogP contribution in [0.4, 0.5) is 0 Å². The molecule has 1 saturated heterocycles. The summed E-state index contributed by atoms with van der Waals surface area (Å²) >= 11 is 3.62. The summed E-state index contributed by atoms with van der Waals surface area (Å²) in [5.41, 5.74) is 2.27. The minimum atomic E-state index is -0.215. The van der Waals surface area contributed by atoms with E-state index in [0.717, 1.165) is 29.7 Å². The second-order valence-electron chi connectivity index (χ2n) is 5.32. The first-order valence-electron chi connectivity index (χ1n) is 6.59. The van der Waals surface area contributed by atoms with Crippen molar-refractivity contribution in [3.05, 3.63) is 15.9 Å². The number of aromatic nitrogens is 2. The van der Waals surface area contributed by atoms with Gasteiger partial charge in [0.05, 0.1) is 22.0 Å². The van der Waals surface area contributed by atoms with E-state index in [9.17, 15) is 5.11 Å². The predicted octanol–water partition coefficient (Wildman–Crippen LogP) is 2.23. The van der Waals surface area contributed by atoms with Crippen molar-refractivity contribution in [2.75, 3.05) is 6.54 Å². The SMILES string of the molecule is Cc1nn(C)c(CN2CCCC2CC(C)O)c1Br. The molecular weight excluding hydrogens is 294 g/mol. The fraction of sp³-hybridized carbons (Fsp3) is 0.769. The Morgan fingerprint density at radius 3 is 2.83 bits per heavy atom. The second-order valence-corrected chi connectivity index (χ2v) is 6.11. The molecule has 1 N–H and O–H groups in total. The molecule has 1 aliphatic heterocycles. The van der Waals surface area contributed by atoms with Crippen molar-refractivity contribution < 1.29 is 5.11 Å². The zero-order valence-corrected chi connectivity index (χ0v) is 12.9. The molecule has 102 valence electrons. The van der Waals surface area contributed by atoms with E-state index in [1.807, 2.05) is 25.6 Å². The van der Waals surface area contributed by atoms with E-state index in [0.29, 0.717) is 6.04 Å². The van der Waals surface area contributed by atoms with Gasteiger partial charge in [-0.25, -0.2) is 0 Å². The fourth-order valence-corrected chi connectivity index (χ4v) is 3.27. The Bertz CT molecular complexity index is 417. The van der Waals surface area contributed by atoms with Gasteiger partial charge in [0.2, 0.25) is 0 Å². The van der Waals surface area contributed by atoms with Gasteiger partial charge in [0.1, 0.15) is 0 Å². The maximum atomic E-state index is 9.56. The highest BCUT2D eigenvalue weighted by Gasteiger charge is 2.27. The standard InChI is InChI=1S/C13H22BrN3O/c1-9(18)7-11-5-4-6-17(11)8-12-13(14)10(2)15-16(12)3/h9,11,18H,4-8H2,1-3H3. The molecule has 0 aromatic carbocycles. The van der Waals surface area contributed by atoms with Crippen LogP contribution in [-0.2, 0) is 13.6 Å². The molecule has 1 aromatic rings. The summed E-state index contributed by atoms with van der Waals surface area (Å²) in [5.74, 6) is 0. The molecule has 0 radical (unpaired) electrons. The number of hydrogen-bond donors (Lipinski definition) is 1. The molecular formula is C13H22BrN3O. The summed E-state index contributed by atoms with van der Waals surface area (Å²) in [6.45, 7) is 5.93. The normalized spacial score (nSPS) is 22.6. The maximum Gasteiger partial charge on any atom is 0.0739 e. The average Bonchev–Trinajstić information content (AvgIpc) is 2.79. The zero-order valence-electron chi connectivity index (χ0n) is 11.4. The van der Waals surface area contributed by atoms with Crippen molar-refractivity contribution in [2.45, 2.75) is 51.8 Å². The minimum Gasteiger partial charge on any atom is -0.393 e. The summed E-state index contributed by atoms with van der Waals surface area (Å²) in [7, 11) is 1.99. The average molecular weight is 316 g/mol. The molecule has 0 amide bonds. The monoisotopic (exact) mass is 315 g/mol. The van der Waals surface area contributed by atoms with E-state index in [2.05, 4.69) is 25.9 Å². The van der Waals surface area contributed by atoms with Gasteiger partial charge >= 0.3 is 0 Å². The van der Waals surface area contributed by atoms with Crippen LogP contribution in [0.5, 0.6) is 0 Å². The van der Waals surface area contributed by atoms with Crippen molar-refractivity contribution in [3.63, 3.8) is 0 Å². The first kappa shape index (κ1) is 14.0. The van der Waals surface area contributed by atoms with Crippen LogP contribution in [0.1, 0.15) is 37.6 Å². The molecule has 2 unspecified atom stereocenters. The molecule has 0 bridgehead atoms. The van der Waals surface area contributed by atoms with E-state index >= 15 is 0 Å². The fourth-order valence-electron chi connectivity index (χ4n) is 2.81. The van der Waals surface area contributed by atoms with E-state index in [4.69, 9.17) is 0 Å². The highest BCUT2D eigenvalue weighted by Crippen LogP contribution is 2.27. The summed E-state index contributed by atoms with van der Waals surface area (Å²) in [4.78, 5) is 2.47. The quantitative estimate of drug-likeness (QED) is 0.926. The lowest BCUT2D eigenvalue weighted by Crippen LogP contribution is -2.32. The van der Waals surface area contributed by atoms with Crippen LogP contribution < -0.4 is 0 Å². The maximum absolute atomic E-state index is 9.56. The highest BCUT2D eigenvalue weighted by molar-refractivity contribution is 9.10. The summed E-state index contributed by atoms with van der Waals surface area (Å²) in [6, 6.07) is 0.507. The van der Waals surface area contributed by atoms with Gasteiger partial charge in [0.15, 0.2) is 0 Å². The van der Waals surface area contributed by atoms with Gasteiger partial charge in [0, 0.05) is 19.6 Å². The number of rotatable bonds is 4. The summed E-state index contributed by atoms with van der Waals surface area (Å²) < 4.78 is 3.07. The van der Waals surface area contributed by atoms with Gasteiger partial charge in [0.25, 0.3) is 0 Å². The van der Waals surface area contributed by atoms with Crippen LogP contribution in [-0.4, -0.2) is 38.5 Å². The molecule has 1 aromatic heterocycles. The molecule has 5 heteroatoms. The molecule has 0 spiro atoms. The molecule has 1 fully saturated rings. The van der Waals surface area contributed by atoms with Crippen molar-refractivity contribution in [1.82, 2.24) is 14.7 Å². The van der Waals surface area contributed by atoms with Crippen LogP contribution in [0.3, 0.4) is 0 Å². The molecule has 2 heterocycles. The molecule has 0 saturated carbocycles. The van der Waals surface area contributed by atoms with Crippen LogP contribution in [0, 0.1) is 6.92 Å². The van der Waals surface area contributed by atoms with Gasteiger partial charge in [-0.05, 0) is 55.6 Å². The number of likely N-dealkylation sites (tertiary alicyclic amines) is 1. The molecule has 4 nitrogen and oxygen atoms in total. The Morgan fingerprint density at radius 1 is 1.56 bits per heavy atom. The molecule has 0 aliphatic carbocycles. The number of hydrogen-bond acceptors (Lipinski definition) is 3. The number of aliphatic hydroxyl groups excluding tert-OH is 1. The van der Waals surface area contributed by atoms with Crippen molar-refractivity contribution in [3.8, 4) is 0 Å². The molecule has 2 rings (SSSR count). The van der Waals surface area contributed by atoms with Crippen LogP contribution >= 0.6 is 15.9 Å². The van der Waals surface area contributed by atoms with Gasteiger partial charge in [-0.3, -0.25) is 9.58 Å². The van der Waals surface area contributed by atoms with E-state index in [1.165, 1.54) is 18.5 Å². The lowest BCUT2D eigenvalue weighted by Gasteiger charge is -2.25. The number of aliphatic hydroxyl groups is 1. The number of halogens is 1. The van der Waals surface area contributed by atoms with Gasteiger partial charge < -0.3 is 5.11 Å². The minimum absolute atomic E-state index is 0.215. The summed E-state index contributed by atoms with van der Waals surface area (Å²) in [5, 5.41) is 14.0. The van der Waals surface area contributed by atoms with Gasteiger partial charge in [-0.2, -0.15) is 5.10 Å². The molecule has 1 aliphatic rings. The first-order valence-corrected chi connectivity index (χ1v) is 7.38. The van der Waals surface area contributed by atoms with Crippen molar-refractivity contribution in [2.24, 2.45) is 7.05 Å². The topological polar surface area (TPSA) is 41.3 Å². The third-order valence-corrected chi connectivity index (χ3v) is 4.76. The predicted molar refractivity (Wildman–Crippen MR) is 75.4 cm³/mol. The molecule has 18 heavy (non-hydrogen) atoms. The van der Waals surface area contributed by atoms with Crippen molar-refractivity contribution >= 4 is 15.9 Å². The molecule has 2 atom stereocenters. The lowest BCUT2D eigenvalue weighted by atomic mass is 10.1. The van der Waals surface area contributed by atoms with E-state index in [1.54, 1.807) is 0 Å². The largest absolute Gasteiger partial charge is 0.393 e. The summed E-state index contributed by atoms with van der Waals surface area (Å²) in [6.07, 6.45) is 3.08. The van der Waals surface area contributed by atoms with Crippen LogP contribution in [0.2, 0.25) is 0 Å². The lowest BCUT2D eigenvalue weighted by molar-refractivity contribution is 0.129. The van der Waals surface area contributed by atoms with Crippen LogP contribution in [0.15, 0.2) is 4.47 Å². The third kappa shape index (κ3) is 2.95. The Kier molecular flexibility index (Phi) is 4.45. The van der Waals surface area contributed by atoms with E-state index in [-0.39, 0.29) is 6.10 Å². The van der Waals surface area contributed by atoms with Crippen molar-refractivity contribution in [1.29, 1.82) is 0 Å². The third-order valence-electron chi connectivity index (χ3n) is 3.73. The Morgan fingerprint density at radius 2 is 2.28 bits per heavy atom. The first-order chi connectivity index (χ1) is 8.49. The van der Waals surface area contributed by atoms with Gasteiger partial charge in [-0.1, -0.05) is 0 Å². The van der Waals surface area contributed by atoms with Crippen LogP contribution in [0.25, 0.3) is 0 Å². The number of aryl methyl sites for hydroxylation is 2. The Labute approximate surface area is 117 Å². The second kappa shape index (κ2) is 5.72.